The molecule has 1 atom stereocenters. The Balaban J connectivity index is 1.79. The van der Waals surface area contributed by atoms with Crippen LogP contribution in [0.1, 0.15) is 31.8 Å². The highest BCUT2D eigenvalue weighted by atomic mass is 19.4. The molecule has 37 heavy (non-hydrogen) atoms. The SMILES string of the molecule is NC(=O)[C@H](CNC(=O)c1cc2c(c(C(F)(F)F)c1)COB2O)NC(=O)c1cc(B(O)O)cc([N+](=O)[O-])c1. The molecule has 0 unspecified atom stereocenters. The summed E-state index contributed by atoms with van der Waals surface area (Å²) in [5.41, 5.74) is 1.41. The van der Waals surface area contributed by atoms with E-state index in [9.17, 15) is 52.7 Å². The van der Waals surface area contributed by atoms with E-state index in [1.165, 1.54) is 0 Å². The van der Waals surface area contributed by atoms with Gasteiger partial charge in [-0.2, -0.15) is 13.2 Å². The molecule has 1 aliphatic rings. The first kappa shape index (κ1) is 27.6. The summed E-state index contributed by atoms with van der Waals surface area (Å²) in [6, 6.07) is 2.40. The number of nitrogens with two attached hydrogens (primary N) is 1. The number of hydrogen-bond acceptors (Lipinski definition) is 9. The summed E-state index contributed by atoms with van der Waals surface area (Å²) in [6.07, 6.45) is -4.86. The molecule has 3 rings (SSSR count). The molecule has 1 heterocycles. The smallest absolute Gasteiger partial charge is 0.423 e. The van der Waals surface area contributed by atoms with Crippen molar-refractivity contribution in [1.29, 1.82) is 0 Å². The first-order valence-corrected chi connectivity index (χ1v) is 10.3. The summed E-state index contributed by atoms with van der Waals surface area (Å²) in [5.74, 6) is -3.38. The van der Waals surface area contributed by atoms with Crippen LogP contribution >= 0.6 is 0 Å². The van der Waals surface area contributed by atoms with Crippen LogP contribution < -0.4 is 27.3 Å². The Morgan fingerprint density at radius 1 is 1.16 bits per heavy atom. The number of primary amides is 1. The van der Waals surface area contributed by atoms with E-state index in [2.05, 4.69) is 10.6 Å². The molecule has 0 bridgehead atoms. The van der Waals surface area contributed by atoms with Crippen molar-refractivity contribution < 1.29 is 52.2 Å². The lowest BCUT2D eigenvalue weighted by Gasteiger charge is -2.18. The average molecular weight is 524 g/mol. The standard InChI is InChI=1S/C19H17B2F3N4O9/c22-19(23,24)13-3-9(4-14-12(13)7-37-21(14)34)17(30)26-6-15(16(25)29)27-18(31)8-1-10(20(32)33)5-11(2-8)28(35)36/h1-5,15,32-34H,6-7H2,(H2,25,29)(H,26,30)(H,27,31)/t15-/m0/s1. The van der Waals surface area contributed by atoms with Crippen LogP contribution in [0.4, 0.5) is 18.9 Å². The molecule has 18 heteroatoms. The molecular weight excluding hydrogens is 507 g/mol. The van der Waals surface area contributed by atoms with Crippen molar-refractivity contribution in [2.24, 2.45) is 5.73 Å². The van der Waals surface area contributed by atoms with E-state index in [0.717, 1.165) is 24.3 Å². The molecule has 0 radical (unpaired) electrons. The van der Waals surface area contributed by atoms with Gasteiger partial charge in [0.05, 0.1) is 17.1 Å². The third-order valence-corrected chi connectivity index (χ3v) is 5.33. The molecule has 0 saturated carbocycles. The van der Waals surface area contributed by atoms with Crippen LogP contribution in [0, 0.1) is 10.1 Å². The second-order valence-corrected chi connectivity index (χ2v) is 7.84. The number of carbonyl (C=O) groups is 3. The second kappa shape index (κ2) is 10.6. The highest BCUT2D eigenvalue weighted by molar-refractivity contribution is 6.61. The van der Waals surface area contributed by atoms with Gasteiger partial charge in [0.25, 0.3) is 17.5 Å². The maximum atomic E-state index is 13.4. The lowest BCUT2D eigenvalue weighted by molar-refractivity contribution is -0.384. The Labute approximate surface area is 205 Å². The van der Waals surface area contributed by atoms with Crippen molar-refractivity contribution in [2.75, 3.05) is 6.54 Å². The Morgan fingerprint density at radius 2 is 1.81 bits per heavy atom. The predicted molar refractivity (Wildman–Crippen MR) is 120 cm³/mol. The zero-order valence-electron chi connectivity index (χ0n) is 18.5. The number of nitro groups is 1. The molecule has 0 aliphatic carbocycles. The molecule has 194 valence electrons. The molecule has 0 saturated heterocycles. The number of nitrogens with zero attached hydrogens (tertiary/aromatic N) is 1. The van der Waals surface area contributed by atoms with Gasteiger partial charge in [-0.05, 0) is 34.7 Å². The quantitative estimate of drug-likeness (QED) is 0.122. The number of fused-ring (bicyclic) bond motifs is 1. The maximum absolute atomic E-state index is 13.4. The van der Waals surface area contributed by atoms with Crippen molar-refractivity contribution >= 4 is 48.6 Å². The van der Waals surface area contributed by atoms with Crippen molar-refractivity contribution in [3.05, 3.63) is 62.7 Å². The minimum atomic E-state index is -4.86. The molecule has 2 aromatic rings. The van der Waals surface area contributed by atoms with Crippen molar-refractivity contribution in [3.8, 4) is 0 Å². The Hall–Kier alpha value is -3.99. The van der Waals surface area contributed by atoms with Crippen LogP contribution in [0.3, 0.4) is 0 Å². The molecule has 0 spiro atoms. The third-order valence-electron chi connectivity index (χ3n) is 5.33. The van der Waals surface area contributed by atoms with E-state index in [1.807, 2.05) is 0 Å². The van der Waals surface area contributed by atoms with E-state index in [1.54, 1.807) is 0 Å². The predicted octanol–water partition coefficient (Wildman–Crippen LogP) is -2.48. The molecule has 3 amide bonds. The normalized spacial score (nSPS) is 13.5. The first-order valence-electron chi connectivity index (χ1n) is 10.3. The number of halogens is 3. The van der Waals surface area contributed by atoms with Crippen LogP contribution in [0.15, 0.2) is 30.3 Å². The van der Waals surface area contributed by atoms with E-state index in [4.69, 9.17) is 10.4 Å². The van der Waals surface area contributed by atoms with Gasteiger partial charge in [0, 0.05) is 29.8 Å². The van der Waals surface area contributed by atoms with Crippen molar-refractivity contribution in [1.82, 2.24) is 10.6 Å². The molecule has 0 aromatic heterocycles. The van der Waals surface area contributed by atoms with Crippen LogP contribution in [0.2, 0.25) is 0 Å². The second-order valence-electron chi connectivity index (χ2n) is 7.84. The number of non-ortho nitro benzene ring substituents is 1. The minimum absolute atomic E-state index is 0.257. The van der Waals surface area contributed by atoms with Crippen LogP contribution in [0.25, 0.3) is 0 Å². The number of benzene rings is 2. The zero-order valence-corrected chi connectivity index (χ0v) is 18.5. The Kier molecular flexibility index (Phi) is 7.87. The highest BCUT2D eigenvalue weighted by Gasteiger charge is 2.40. The van der Waals surface area contributed by atoms with Gasteiger partial charge >= 0.3 is 20.4 Å². The van der Waals surface area contributed by atoms with Crippen LogP contribution in [-0.4, -0.2) is 64.5 Å². The number of carbonyl (C=O) groups excluding carboxylic acids is 3. The van der Waals surface area contributed by atoms with E-state index in [0.29, 0.717) is 6.07 Å². The van der Waals surface area contributed by atoms with Gasteiger partial charge in [-0.25, -0.2) is 0 Å². The van der Waals surface area contributed by atoms with Crippen molar-refractivity contribution in [3.63, 3.8) is 0 Å². The van der Waals surface area contributed by atoms with Gasteiger partial charge in [-0.1, -0.05) is 0 Å². The molecular formula is C19H17B2F3N4O9. The molecule has 1 aliphatic heterocycles. The number of nitro benzene ring substituents is 1. The molecule has 13 nitrogen and oxygen atoms in total. The van der Waals surface area contributed by atoms with Crippen molar-refractivity contribution in [2.45, 2.75) is 18.8 Å². The van der Waals surface area contributed by atoms with E-state index < -0.39 is 90.1 Å². The number of amides is 3. The maximum Gasteiger partial charge on any atom is 0.491 e. The highest BCUT2D eigenvalue weighted by Crippen LogP contribution is 2.34. The fraction of sp³-hybridized carbons (Fsp3) is 0.211. The number of nitrogens with one attached hydrogen (secondary N) is 2. The number of alkyl halides is 3. The minimum Gasteiger partial charge on any atom is -0.423 e. The van der Waals surface area contributed by atoms with Gasteiger partial charge in [0.2, 0.25) is 5.91 Å². The van der Waals surface area contributed by atoms with Gasteiger partial charge in [0.1, 0.15) is 6.04 Å². The van der Waals surface area contributed by atoms with E-state index >= 15 is 0 Å². The lowest BCUT2D eigenvalue weighted by atomic mass is 9.77. The summed E-state index contributed by atoms with van der Waals surface area (Å²) < 4.78 is 45.1. The van der Waals surface area contributed by atoms with Gasteiger partial charge < -0.3 is 36.1 Å². The summed E-state index contributed by atoms with van der Waals surface area (Å²) >= 11 is 0. The molecule has 2 aromatic carbocycles. The van der Waals surface area contributed by atoms with Crippen LogP contribution in [-0.2, 0) is 22.2 Å². The summed E-state index contributed by atoms with van der Waals surface area (Å²) in [5, 5.41) is 43.7. The third kappa shape index (κ3) is 6.23. The summed E-state index contributed by atoms with van der Waals surface area (Å²) in [4.78, 5) is 47.1. The fourth-order valence-corrected chi connectivity index (χ4v) is 3.49. The molecule has 7 N–H and O–H groups in total. The Morgan fingerprint density at radius 3 is 2.38 bits per heavy atom. The number of rotatable bonds is 8. The van der Waals surface area contributed by atoms with Gasteiger partial charge in [0.15, 0.2) is 0 Å². The first-order chi connectivity index (χ1) is 17.2. The lowest BCUT2D eigenvalue weighted by Crippen LogP contribution is -2.51. The summed E-state index contributed by atoms with van der Waals surface area (Å²) in [7, 11) is -3.84. The van der Waals surface area contributed by atoms with Crippen LogP contribution in [0.5, 0.6) is 0 Å². The largest absolute Gasteiger partial charge is 0.491 e. The zero-order chi connectivity index (χ0) is 27.7. The topological polar surface area (TPSA) is 214 Å². The van der Waals surface area contributed by atoms with Gasteiger partial charge in [-0.15, -0.1) is 0 Å². The Bertz CT molecular complexity index is 1280. The fourth-order valence-electron chi connectivity index (χ4n) is 3.49. The average Bonchev–Trinajstić information content (AvgIpc) is 3.20. The summed E-state index contributed by atoms with van der Waals surface area (Å²) in [6.45, 7) is -1.21. The van der Waals surface area contributed by atoms with Gasteiger partial charge in [-0.3, -0.25) is 24.5 Å². The monoisotopic (exact) mass is 524 g/mol. The molecule has 0 fully saturated rings. The number of hydrogen-bond donors (Lipinski definition) is 6. The van der Waals surface area contributed by atoms with E-state index in [-0.39, 0.29) is 11.0 Å².